The van der Waals surface area contributed by atoms with Crippen molar-refractivity contribution in [2.75, 3.05) is 24.7 Å². The predicted molar refractivity (Wildman–Crippen MR) is 98.4 cm³/mol. The van der Waals surface area contributed by atoms with Crippen molar-refractivity contribution >= 4 is 17.5 Å². The fourth-order valence-corrected chi connectivity index (χ4v) is 2.92. The lowest BCUT2D eigenvalue weighted by Crippen LogP contribution is -2.39. The summed E-state index contributed by atoms with van der Waals surface area (Å²) in [5.41, 5.74) is 0.753. The summed E-state index contributed by atoms with van der Waals surface area (Å²) in [5, 5.41) is 2.76. The van der Waals surface area contributed by atoms with Gasteiger partial charge in [-0.05, 0) is 43.3 Å². The molecule has 0 saturated carbocycles. The maximum atomic E-state index is 13.5. The summed E-state index contributed by atoms with van der Waals surface area (Å²) in [6.45, 7) is 2.54. The molecule has 0 aliphatic carbocycles. The molecule has 1 atom stereocenters. The first-order valence-corrected chi connectivity index (χ1v) is 8.76. The van der Waals surface area contributed by atoms with Crippen molar-refractivity contribution in [3.8, 4) is 11.5 Å². The Balaban J connectivity index is 1.52. The van der Waals surface area contributed by atoms with E-state index in [1.165, 1.54) is 12.1 Å². The summed E-state index contributed by atoms with van der Waals surface area (Å²) in [6, 6.07) is 12.8. The molecular weight excluding hydrogens is 351 g/mol. The van der Waals surface area contributed by atoms with Crippen molar-refractivity contribution in [1.82, 2.24) is 5.32 Å². The van der Waals surface area contributed by atoms with Gasteiger partial charge in [-0.15, -0.1) is 0 Å². The number of amides is 2. The van der Waals surface area contributed by atoms with Crippen molar-refractivity contribution in [3.05, 3.63) is 54.3 Å². The number of ether oxygens (including phenoxy) is 2. The Morgan fingerprint density at radius 2 is 1.93 bits per heavy atom. The normalized spacial score (nSPS) is 16.3. The van der Waals surface area contributed by atoms with Gasteiger partial charge in [-0.1, -0.05) is 12.1 Å². The molecule has 0 bridgehead atoms. The molecule has 1 unspecified atom stereocenters. The van der Waals surface area contributed by atoms with E-state index in [9.17, 15) is 14.0 Å². The van der Waals surface area contributed by atoms with Gasteiger partial charge in [0.2, 0.25) is 5.91 Å². The lowest BCUT2D eigenvalue weighted by atomic mass is 10.2. The summed E-state index contributed by atoms with van der Waals surface area (Å²) in [4.78, 5) is 25.9. The van der Waals surface area contributed by atoms with Gasteiger partial charge in [0.05, 0.1) is 12.6 Å². The largest absolute Gasteiger partial charge is 0.494 e. The number of hydrogen-bond donors (Lipinski definition) is 1. The second-order valence-electron chi connectivity index (χ2n) is 6.12. The molecule has 6 nitrogen and oxygen atoms in total. The van der Waals surface area contributed by atoms with Gasteiger partial charge in [-0.3, -0.25) is 9.59 Å². The zero-order valence-corrected chi connectivity index (χ0v) is 15.0. The van der Waals surface area contributed by atoms with Gasteiger partial charge in [-0.2, -0.15) is 0 Å². The Labute approximate surface area is 156 Å². The lowest BCUT2D eigenvalue weighted by Gasteiger charge is -2.18. The maximum absolute atomic E-state index is 13.5. The number of nitrogens with zero attached hydrogens (tertiary/aromatic N) is 1. The van der Waals surface area contributed by atoms with Crippen LogP contribution in [0.4, 0.5) is 10.1 Å². The summed E-state index contributed by atoms with van der Waals surface area (Å²) in [6.07, 6.45) is 0.207. The average Bonchev–Trinajstić information content (AvgIpc) is 3.02. The van der Waals surface area contributed by atoms with Crippen LogP contribution in [0.5, 0.6) is 11.5 Å². The fourth-order valence-electron chi connectivity index (χ4n) is 2.92. The monoisotopic (exact) mass is 372 g/mol. The Kier molecular flexibility index (Phi) is 5.90. The van der Waals surface area contributed by atoms with E-state index < -0.39 is 11.7 Å². The van der Waals surface area contributed by atoms with Gasteiger partial charge < -0.3 is 19.7 Å². The first kappa shape index (κ1) is 18.7. The number of nitrogens with one attached hydrogen (secondary N) is 1. The number of anilines is 1. The highest BCUT2D eigenvalue weighted by Gasteiger charge is 2.31. The second kappa shape index (κ2) is 8.53. The number of carbonyl (C=O) groups excluding carboxylic acids is 2. The highest BCUT2D eigenvalue weighted by atomic mass is 19.1. The van der Waals surface area contributed by atoms with E-state index in [-0.39, 0.29) is 30.7 Å². The standard InChI is InChI=1S/C20H21FN2O4/c1-2-26-16-9-7-15(8-10-16)23-12-14(11-20(23)25)22-19(24)13-27-18-6-4-3-5-17(18)21/h3-10,14H,2,11-13H2,1H3,(H,22,24). The van der Waals surface area contributed by atoms with Crippen LogP contribution in [0.3, 0.4) is 0 Å². The second-order valence-corrected chi connectivity index (χ2v) is 6.12. The van der Waals surface area contributed by atoms with Crippen LogP contribution in [0.25, 0.3) is 0 Å². The van der Waals surface area contributed by atoms with Crippen LogP contribution in [0, 0.1) is 5.82 Å². The van der Waals surface area contributed by atoms with Gasteiger partial charge in [0, 0.05) is 18.7 Å². The molecule has 1 saturated heterocycles. The smallest absolute Gasteiger partial charge is 0.258 e. The molecule has 1 aliphatic heterocycles. The Morgan fingerprint density at radius 3 is 2.63 bits per heavy atom. The Hall–Kier alpha value is -3.09. The molecular formula is C20H21FN2O4. The number of hydrogen-bond acceptors (Lipinski definition) is 4. The Morgan fingerprint density at radius 1 is 1.19 bits per heavy atom. The molecule has 1 fully saturated rings. The van der Waals surface area contributed by atoms with Crippen molar-refractivity contribution in [1.29, 1.82) is 0 Å². The molecule has 1 aliphatic rings. The first-order valence-electron chi connectivity index (χ1n) is 8.76. The maximum Gasteiger partial charge on any atom is 0.258 e. The third kappa shape index (κ3) is 4.75. The zero-order valence-electron chi connectivity index (χ0n) is 15.0. The molecule has 7 heteroatoms. The number of halogens is 1. The molecule has 0 radical (unpaired) electrons. The van der Waals surface area contributed by atoms with Crippen molar-refractivity contribution in [3.63, 3.8) is 0 Å². The third-order valence-electron chi connectivity index (χ3n) is 4.14. The van der Waals surface area contributed by atoms with Gasteiger partial charge in [-0.25, -0.2) is 4.39 Å². The van der Waals surface area contributed by atoms with Gasteiger partial charge in [0.15, 0.2) is 18.2 Å². The van der Waals surface area contributed by atoms with Crippen LogP contribution in [-0.4, -0.2) is 37.6 Å². The van der Waals surface area contributed by atoms with Gasteiger partial charge >= 0.3 is 0 Å². The molecule has 3 rings (SSSR count). The zero-order chi connectivity index (χ0) is 19.2. The predicted octanol–water partition coefficient (Wildman–Crippen LogP) is 2.52. The molecule has 27 heavy (non-hydrogen) atoms. The van der Waals surface area contributed by atoms with Gasteiger partial charge in [0.25, 0.3) is 5.91 Å². The quantitative estimate of drug-likeness (QED) is 0.811. The van der Waals surface area contributed by atoms with Crippen LogP contribution in [0.15, 0.2) is 48.5 Å². The minimum atomic E-state index is -0.525. The summed E-state index contributed by atoms with van der Waals surface area (Å²) < 4.78 is 24.1. The van der Waals surface area contributed by atoms with E-state index >= 15 is 0 Å². The van der Waals surface area contributed by atoms with E-state index in [4.69, 9.17) is 9.47 Å². The molecule has 1 N–H and O–H groups in total. The summed E-state index contributed by atoms with van der Waals surface area (Å²) in [5.74, 6) is -0.235. The lowest BCUT2D eigenvalue weighted by molar-refractivity contribution is -0.123. The van der Waals surface area contributed by atoms with Gasteiger partial charge in [0.1, 0.15) is 5.75 Å². The molecule has 142 valence electrons. The summed E-state index contributed by atoms with van der Waals surface area (Å²) in [7, 11) is 0. The number of rotatable bonds is 7. The number of para-hydroxylation sites is 1. The van der Waals surface area contributed by atoms with E-state index in [1.54, 1.807) is 29.2 Å². The third-order valence-corrected chi connectivity index (χ3v) is 4.14. The summed E-state index contributed by atoms with van der Waals surface area (Å²) >= 11 is 0. The SMILES string of the molecule is CCOc1ccc(N2CC(NC(=O)COc3ccccc3F)CC2=O)cc1. The first-order chi connectivity index (χ1) is 13.1. The Bertz CT molecular complexity index is 810. The molecule has 2 aromatic rings. The number of carbonyl (C=O) groups is 2. The minimum absolute atomic E-state index is 0.0196. The topological polar surface area (TPSA) is 67.9 Å². The van der Waals surface area contributed by atoms with Crippen LogP contribution in [0.2, 0.25) is 0 Å². The molecule has 2 amide bonds. The van der Waals surface area contributed by atoms with Crippen molar-refractivity contribution in [2.45, 2.75) is 19.4 Å². The molecule has 2 aromatic carbocycles. The molecule has 0 spiro atoms. The highest BCUT2D eigenvalue weighted by Crippen LogP contribution is 2.24. The average molecular weight is 372 g/mol. The highest BCUT2D eigenvalue weighted by molar-refractivity contribution is 5.97. The van der Waals surface area contributed by atoms with Crippen LogP contribution in [0.1, 0.15) is 13.3 Å². The van der Waals surface area contributed by atoms with Crippen LogP contribution >= 0.6 is 0 Å². The van der Waals surface area contributed by atoms with E-state index in [0.717, 1.165) is 11.4 Å². The fraction of sp³-hybridized carbons (Fsp3) is 0.300. The number of benzene rings is 2. The van der Waals surface area contributed by atoms with E-state index in [2.05, 4.69) is 5.32 Å². The van der Waals surface area contributed by atoms with E-state index in [0.29, 0.717) is 13.2 Å². The van der Waals surface area contributed by atoms with E-state index in [1.807, 2.05) is 19.1 Å². The molecule has 1 heterocycles. The van der Waals surface area contributed by atoms with Crippen LogP contribution < -0.4 is 19.7 Å². The van der Waals surface area contributed by atoms with Crippen molar-refractivity contribution in [2.24, 2.45) is 0 Å². The molecule has 0 aromatic heterocycles. The van der Waals surface area contributed by atoms with Crippen molar-refractivity contribution < 1.29 is 23.5 Å². The van der Waals surface area contributed by atoms with Crippen LogP contribution in [-0.2, 0) is 9.59 Å². The minimum Gasteiger partial charge on any atom is -0.494 e.